The molecule has 1 atom stereocenters. The lowest BCUT2D eigenvalue weighted by Crippen LogP contribution is -2.21. The van der Waals surface area contributed by atoms with E-state index in [1.165, 1.54) is 23.3 Å². The number of fused-ring (bicyclic) bond motifs is 1. The summed E-state index contributed by atoms with van der Waals surface area (Å²) in [5, 5.41) is 4.29. The highest BCUT2D eigenvalue weighted by Crippen LogP contribution is 2.36. The first-order valence-corrected chi connectivity index (χ1v) is 7.16. The summed E-state index contributed by atoms with van der Waals surface area (Å²) < 4.78 is 5.13. The zero-order valence-corrected chi connectivity index (χ0v) is 11.8. The van der Waals surface area contributed by atoms with Crippen LogP contribution in [0.4, 0.5) is 0 Å². The molecule has 0 fully saturated rings. The van der Waals surface area contributed by atoms with Gasteiger partial charge in [0.05, 0.1) is 18.8 Å². The zero-order valence-electron chi connectivity index (χ0n) is 11.0. The van der Waals surface area contributed by atoms with Gasteiger partial charge in [0.15, 0.2) is 0 Å². The van der Waals surface area contributed by atoms with E-state index in [1.807, 2.05) is 13.1 Å². The fraction of sp³-hybridized carbons (Fsp3) is 0.462. The van der Waals surface area contributed by atoms with E-state index in [9.17, 15) is 0 Å². The van der Waals surface area contributed by atoms with Gasteiger partial charge in [-0.2, -0.15) is 0 Å². The van der Waals surface area contributed by atoms with Gasteiger partial charge in [0.25, 0.3) is 0 Å². The third-order valence-corrected chi connectivity index (χ3v) is 4.53. The molecule has 0 saturated carbocycles. The summed E-state index contributed by atoms with van der Waals surface area (Å²) in [6.07, 6.45) is 5.00. The molecular weight excluding hydrogens is 260 g/mol. The van der Waals surface area contributed by atoms with Crippen molar-refractivity contribution in [3.63, 3.8) is 0 Å². The molecule has 1 N–H and O–H groups in total. The number of nitrogens with one attached hydrogen (secondary N) is 1. The van der Waals surface area contributed by atoms with E-state index in [-0.39, 0.29) is 0 Å². The number of ether oxygens (including phenoxy) is 1. The van der Waals surface area contributed by atoms with E-state index in [2.05, 4.69) is 15.3 Å². The quantitative estimate of drug-likeness (QED) is 0.931. The lowest BCUT2D eigenvalue weighted by molar-refractivity contribution is 0.397. The van der Waals surface area contributed by atoms with Crippen molar-refractivity contribution in [2.75, 3.05) is 14.2 Å². The van der Waals surface area contributed by atoms with Gasteiger partial charge in [-0.05, 0) is 26.3 Å². The number of hydrogen-bond acceptors (Lipinski definition) is 6. The summed E-state index contributed by atoms with van der Waals surface area (Å²) in [6.45, 7) is 0. The van der Waals surface area contributed by atoms with Crippen LogP contribution in [0.2, 0.25) is 0 Å². The molecule has 6 heteroatoms. The number of aromatic nitrogens is 3. The molecule has 19 heavy (non-hydrogen) atoms. The van der Waals surface area contributed by atoms with Crippen LogP contribution in [0.25, 0.3) is 10.7 Å². The van der Waals surface area contributed by atoms with E-state index in [0.717, 1.165) is 23.5 Å². The molecule has 0 amide bonds. The first kappa shape index (κ1) is 12.5. The second-order valence-corrected chi connectivity index (χ2v) is 5.59. The van der Waals surface area contributed by atoms with Gasteiger partial charge in [-0.25, -0.2) is 15.0 Å². The Kier molecular flexibility index (Phi) is 3.44. The van der Waals surface area contributed by atoms with E-state index in [1.54, 1.807) is 18.4 Å². The molecule has 0 saturated heterocycles. The van der Waals surface area contributed by atoms with Crippen molar-refractivity contribution < 1.29 is 4.74 Å². The zero-order chi connectivity index (χ0) is 13.2. The van der Waals surface area contributed by atoms with Crippen LogP contribution in [-0.4, -0.2) is 29.1 Å². The van der Waals surface area contributed by atoms with Gasteiger partial charge in [0.1, 0.15) is 17.0 Å². The topological polar surface area (TPSA) is 59.9 Å². The first-order valence-electron chi connectivity index (χ1n) is 6.35. The predicted octanol–water partition coefficient (Wildman–Crippen LogP) is 2.21. The van der Waals surface area contributed by atoms with Crippen molar-refractivity contribution in [3.05, 3.63) is 23.0 Å². The second kappa shape index (κ2) is 5.22. The second-order valence-electron chi connectivity index (χ2n) is 4.51. The SMILES string of the molecule is CNC1CCCc2sc(-c3cc(OC)ncn3)nc21. The van der Waals surface area contributed by atoms with Crippen LogP contribution in [-0.2, 0) is 6.42 Å². The molecule has 2 heterocycles. The van der Waals surface area contributed by atoms with Crippen LogP contribution >= 0.6 is 11.3 Å². The molecule has 3 rings (SSSR count). The van der Waals surface area contributed by atoms with Gasteiger partial charge < -0.3 is 10.1 Å². The fourth-order valence-corrected chi connectivity index (χ4v) is 3.51. The van der Waals surface area contributed by atoms with Crippen LogP contribution in [0, 0.1) is 0 Å². The van der Waals surface area contributed by atoms with Crippen LogP contribution in [0.15, 0.2) is 12.4 Å². The Morgan fingerprint density at radius 2 is 2.32 bits per heavy atom. The minimum absolute atomic E-state index is 0.373. The Morgan fingerprint density at radius 1 is 1.42 bits per heavy atom. The van der Waals surface area contributed by atoms with Crippen LogP contribution in [0.1, 0.15) is 29.5 Å². The molecule has 1 aliphatic carbocycles. The standard InChI is InChI=1S/C13H16N4OS/c1-14-8-4-3-5-10-12(8)17-13(19-10)9-6-11(18-2)16-7-15-9/h6-8,14H,3-5H2,1-2H3. The Bertz CT molecular complexity index is 584. The first-order chi connectivity index (χ1) is 9.31. The molecule has 1 unspecified atom stereocenters. The number of aryl methyl sites for hydroxylation is 1. The van der Waals surface area contributed by atoms with Gasteiger partial charge in [0.2, 0.25) is 5.88 Å². The molecular formula is C13H16N4OS. The number of hydrogen-bond donors (Lipinski definition) is 1. The third kappa shape index (κ3) is 2.33. The molecule has 0 aliphatic heterocycles. The Balaban J connectivity index is 1.99. The Hall–Kier alpha value is -1.53. The molecule has 100 valence electrons. The van der Waals surface area contributed by atoms with Gasteiger partial charge in [-0.3, -0.25) is 0 Å². The molecule has 5 nitrogen and oxygen atoms in total. The number of rotatable bonds is 3. The van der Waals surface area contributed by atoms with Crippen molar-refractivity contribution in [1.82, 2.24) is 20.3 Å². The smallest absolute Gasteiger partial charge is 0.216 e. The monoisotopic (exact) mass is 276 g/mol. The predicted molar refractivity (Wildman–Crippen MR) is 74.4 cm³/mol. The minimum Gasteiger partial charge on any atom is -0.481 e. The fourth-order valence-electron chi connectivity index (χ4n) is 2.38. The van der Waals surface area contributed by atoms with Crippen molar-refractivity contribution >= 4 is 11.3 Å². The maximum Gasteiger partial charge on any atom is 0.216 e. The molecule has 2 aromatic rings. The summed E-state index contributed by atoms with van der Waals surface area (Å²) in [5.74, 6) is 0.573. The molecule has 1 aliphatic rings. The van der Waals surface area contributed by atoms with Gasteiger partial charge in [-0.1, -0.05) is 0 Å². The van der Waals surface area contributed by atoms with E-state index in [0.29, 0.717) is 11.9 Å². The summed E-state index contributed by atoms with van der Waals surface area (Å²) in [6, 6.07) is 2.20. The van der Waals surface area contributed by atoms with E-state index >= 15 is 0 Å². The maximum absolute atomic E-state index is 5.13. The van der Waals surface area contributed by atoms with Crippen molar-refractivity contribution in [2.24, 2.45) is 0 Å². The summed E-state index contributed by atoms with van der Waals surface area (Å²) in [5.41, 5.74) is 2.02. The van der Waals surface area contributed by atoms with Gasteiger partial charge >= 0.3 is 0 Å². The normalized spacial score (nSPS) is 18.1. The molecule has 0 aromatic carbocycles. The van der Waals surface area contributed by atoms with E-state index < -0.39 is 0 Å². The number of nitrogens with zero attached hydrogens (tertiary/aromatic N) is 3. The number of methoxy groups -OCH3 is 1. The van der Waals surface area contributed by atoms with Crippen LogP contribution in [0.3, 0.4) is 0 Å². The highest BCUT2D eigenvalue weighted by molar-refractivity contribution is 7.15. The lowest BCUT2D eigenvalue weighted by atomic mass is 9.98. The summed E-state index contributed by atoms with van der Waals surface area (Å²) in [4.78, 5) is 14.4. The summed E-state index contributed by atoms with van der Waals surface area (Å²) >= 11 is 1.73. The lowest BCUT2D eigenvalue weighted by Gasteiger charge is -2.19. The highest BCUT2D eigenvalue weighted by atomic mass is 32.1. The largest absolute Gasteiger partial charge is 0.481 e. The molecule has 2 aromatic heterocycles. The van der Waals surface area contributed by atoms with Crippen molar-refractivity contribution in [1.29, 1.82) is 0 Å². The Morgan fingerprint density at radius 3 is 3.11 bits per heavy atom. The van der Waals surface area contributed by atoms with E-state index in [4.69, 9.17) is 9.72 Å². The molecule has 0 bridgehead atoms. The third-order valence-electron chi connectivity index (χ3n) is 3.37. The van der Waals surface area contributed by atoms with Crippen molar-refractivity contribution in [2.45, 2.75) is 25.3 Å². The average Bonchev–Trinajstić information content (AvgIpc) is 2.91. The van der Waals surface area contributed by atoms with Crippen molar-refractivity contribution in [3.8, 4) is 16.6 Å². The highest BCUT2D eigenvalue weighted by Gasteiger charge is 2.24. The number of thiazole rings is 1. The van der Waals surface area contributed by atoms with Gasteiger partial charge in [0, 0.05) is 10.9 Å². The average molecular weight is 276 g/mol. The molecule has 0 radical (unpaired) electrons. The van der Waals surface area contributed by atoms with Crippen LogP contribution in [0.5, 0.6) is 5.88 Å². The van der Waals surface area contributed by atoms with Gasteiger partial charge in [-0.15, -0.1) is 11.3 Å². The Labute approximate surface area is 116 Å². The summed E-state index contributed by atoms with van der Waals surface area (Å²) in [7, 11) is 3.60. The van der Waals surface area contributed by atoms with Crippen LogP contribution < -0.4 is 10.1 Å². The molecule has 0 spiro atoms. The maximum atomic E-state index is 5.13. The minimum atomic E-state index is 0.373.